The molecule has 1 saturated heterocycles. The molecule has 28 heavy (non-hydrogen) atoms. The van der Waals surface area contributed by atoms with Crippen LogP contribution < -0.4 is 5.73 Å². The lowest BCUT2D eigenvalue weighted by Gasteiger charge is -2.31. The third-order valence-electron chi connectivity index (χ3n) is 6.37. The largest absolute Gasteiger partial charge is 0.397 e. The molecule has 0 saturated carbocycles. The van der Waals surface area contributed by atoms with Crippen molar-refractivity contribution >= 4 is 11.2 Å². The van der Waals surface area contributed by atoms with Gasteiger partial charge in [0.25, 0.3) is 0 Å². The molecule has 3 heterocycles. The molecule has 0 bridgehead atoms. The summed E-state index contributed by atoms with van der Waals surface area (Å²) < 4.78 is 15.1. The lowest BCUT2D eigenvalue weighted by molar-refractivity contribution is -0.0746. The molecule has 5 heteroatoms. The molecular weight excluding hydrogens is 350 g/mol. The van der Waals surface area contributed by atoms with Crippen LogP contribution in [0.3, 0.4) is 0 Å². The first-order chi connectivity index (χ1) is 13.6. The van der Waals surface area contributed by atoms with Crippen LogP contribution in [0.1, 0.15) is 51.0 Å². The third kappa shape index (κ3) is 3.09. The van der Waals surface area contributed by atoms with Gasteiger partial charge >= 0.3 is 0 Å². The summed E-state index contributed by atoms with van der Waals surface area (Å²) in [6.07, 6.45) is 3.39. The van der Waals surface area contributed by atoms with E-state index in [1.165, 1.54) is 5.56 Å². The summed E-state index contributed by atoms with van der Waals surface area (Å²) in [5.41, 5.74) is 9.72. The minimum absolute atomic E-state index is 0.0542. The van der Waals surface area contributed by atoms with Crippen LogP contribution >= 0.6 is 0 Å². The van der Waals surface area contributed by atoms with E-state index in [1.807, 2.05) is 34.8 Å². The molecule has 3 aromatic rings. The van der Waals surface area contributed by atoms with Crippen LogP contribution in [-0.2, 0) is 16.1 Å². The average molecular weight is 380 g/mol. The van der Waals surface area contributed by atoms with Crippen molar-refractivity contribution in [1.82, 2.24) is 9.61 Å². The van der Waals surface area contributed by atoms with Crippen molar-refractivity contribution in [3.05, 3.63) is 66.0 Å². The number of ether oxygens (including phenoxy) is 2. The number of benzene rings is 1. The summed E-state index contributed by atoms with van der Waals surface area (Å²) >= 11 is 0. The fraction of sp³-hybridized carbons (Fsp3) is 0.435. The predicted molar refractivity (Wildman–Crippen MR) is 111 cm³/mol. The number of hydrogen-bond acceptors (Lipinski definition) is 4. The Morgan fingerprint density at radius 3 is 2.57 bits per heavy atom. The van der Waals surface area contributed by atoms with E-state index in [1.54, 1.807) is 6.20 Å². The first-order valence-corrected chi connectivity index (χ1v) is 10.1. The first-order valence-electron chi connectivity index (χ1n) is 10.1. The zero-order valence-electron chi connectivity index (χ0n) is 16.8. The molecule has 2 N–H and O–H groups in total. The van der Waals surface area contributed by atoms with Crippen molar-refractivity contribution in [2.24, 2.45) is 5.92 Å². The molecule has 4 rings (SSSR count). The molecule has 1 aliphatic heterocycles. The van der Waals surface area contributed by atoms with Gasteiger partial charge in [0.15, 0.2) is 0 Å². The average Bonchev–Trinajstić information content (AvgIpc) is 3.27. The number of anilines is 1. The van der Waals surface area contributed by atoms with Crippen molar-refractivity contribution in [2.75, 3.05) is 5.73 Å². The molecule has 2 aromatic heterocycles. The van der Waals surface area contributed by atoms with E-state index in [9.17, 15) is 0 Å². The summed E-state index contributed by atoms with van der Waals surface area (Å²) in [6.45, 7) is 7.21. The summed E-state index contributed by atoms with van der Waals surface area (Å²) in [6, 6.07) is 16.2. The van der Waals surface area contributed by atoms with Gasteiger partial charge in [0, 0.05) is 12.1 Å². The van der Waals surface area contributed by atoms with Crippen molar-refractivity contribution in [3.63, 3.8) is 0 Å². The van der Waals surface area contributed by atoms with Gasteiger partial charge in [-0.15, -0.1) is 0 Å². The molecule has 1 unspecified atom stereocenters. The third-order valence-corrected chi connectivity index (χ3v) is 6.37. The molecule has 0 radical (unpaired) electrons. The highest BCUT2D eigenvalue weighted by Crippen LogP contribution is 2.49. The van der Waals surface area contributed by atoms with E-state index < -0.39 is 0 Å². The van der Waals surface area contributed by atoms with E-state index in [0.29, 0.717) is 12.3 Å². The molecule has 5 nitrogen and oxygen atoms in total. The second-order valence-corrected chi connectivity index (χ2v) is 7.70. The van der Waals surface area contributed by atoms with Crippen LogP contribution in [0.2, 0.25) is 0 Å². The van der Waals surface area contributed by atoms with E-state index >= 15 is 0 Å². The van der Waals surface area contributed by atoms with E-state index in [0.717, 1.165) is 24.1 Å². The quantitative estimate of drug-likeness (QED) is 0.670. The summed E-state index contributed by atoms with van der Waals surface area (Å²) in [5, 5.41) is 4.52. The Kier molecular flexibility index (Phi) is 5.13. The van der Waals surface area contributed by atoms with Crippen molar-refractivity contribution < 1.29 is 9.47 Å². The fourth-order valence-electron chi connectivity index (χ4n) is 4.55. The second-order valence-electron chi connectivity index (χ2n) is 7.70. The smallest absolute Gasteiger partial charge is 0.127 e. The van der Waals surface area contributed by atoms with Gasteiger partial charge in [0.1, 0.15) is 6.10 Å². The van der Waals surface area contributed by atoms with Crippen LogP contribution in [0.15, 0.2) is 54.7 Å². The molecule has 3 atom stereocenters. The molecule has 1 aromatic carbocycles. The Bertz CT molecular complexity index is 933. The van der Waals surface area contributed by atoms with Crippen LogP contribution in [0.4, 0.5) is 5.69 Å². The van der Waals surface area contributed by atoms with Crippen LogP contribution in [0.5, 0.6) is 0 Å². The van der Waals surface area contributed by atoms with E-state index in [4.69, 9.17) is 15.2 Å². The highest BCUT2D eigenvalue weighted by atomic mass is 16.6. The van der Waals surface area contributed by atoms with Gasteiger partial charge in [-0.05, 0) is 36.6 Å². The van der Waals surface area contributed by atoms with E-state index in [2.05, 4.69) is 44.1 Å². The van der Waals surface area contributed by atoms with Crippen LogP contribution in [-0.4, -0.2) is 21.3 Å². The number of nitrogen functional groups attached to an aromatic ring is 1. The number of aromatic nitrogens is 2. The molecule has 1 aliphatic rings. The zero-order valence-corrected chi connectivity index (χ0v) is 16.8. The lowest BCUT2D eigenvalue weighted by atomic mass is 9.82. The van der Waals surface area contributed by atoms with Crippen molar-refractivity contribution in [1.29, 1.82) is 0 Å². The minimum atomic E-state index is -0.198. The normalized spacial score (nSPS) is 24.0. The molecule has 0 aliphatic carbocycles. The maximum absolute atomic E-state index is 6.73. The molecule has 1 fully saturated rings. The van der Waals surface area contributed by atoms with E-state index in [-0.39, 0.29) is 23.7 Å². The van der Waals surface area contributed by atoms with Gasteiger partial charge in [-0.25, -0.2) is 4.52 Å². The van der Waals surface area contributed by atoms with Crippen molar-refractivity contribution in [3.8, 4) is 0 Å². The van der Waals surface area contributed by atoms with Gasteiger partial charge in [0.2, 0.25) is 0 Å². The van der Waals surface area contributed by atoms with Crippen molar-refractivity contribution in [2.45, 2.75) is 58.0 Å². The van der Waals surface area contributed by atoms with Gasteiger partial charge in [-0.3, -0.25) is 0 Å². The summed E-state index contributed by atoms with van der Waals surface area (Å²) in [5.74, 6) is 0.267. The number of nitrogens with zero attached hydrogens (tertiary/aromatic N) is 2. The number of hydrogen-bond donors (Lipinski definition) is 1. The SMILES string of the molecule is CCC1(CC)OC(c2ccc3c(N)ccnn23)[C@H](OCc2ccccc2)[C@@H]1C. The Hall–Kier alpha value is -2.37. The Morgan fingerprint density at radius 2 is 1.86 bits per heavy atom. The molecule has 148 valence electrons. The molecule has 0 amide bonds. The van der Waals surface area contributed by atoms with Gasteiger partial charge in [0.05, 0.1) is 35.2 Å². The maximum atomic E-state index is 6.73. The summed E-state index contributed by atoms with van der Waals surface area (Å²) in [4.78, 5) is 0. The second kappa shape index (κ2) is 7.57. The highest BCUT2D eigenvalue weighted by Gasteiger charge is 2.52. The first kappa shape index (κ1) is 19.0. The topological polar surface area (TPSA) is 61.8 Å². The minimum Gasteiger partial charge on any atom is -0.397 e. The Labute approximate surface area is 166 Å². The maximum Gasteiger partial charge on any atom is 0.127 e. The standard InChI is InChI=1S/C23H29N3O2/c1-4-23(5-2)16(3)21(27-15-17-9-7-6-8-10-17)22(28-23)20-12-11-19-18(24)13-14-25-26(19)20/h6-14,16,21-22H,4-5,15,24H2,1-3H3/t16-,21+,22?/m0/s1. The summed E-state index contributed by atoms with van der Waals surface area (Å²) in [7, 11) is 0. The Morgan fingerprint density at radius 1 is 1.11 bits per heavy atom. The monoisotopic (exact) mass is 379 g/mol. The van der Waals surface area contributed by atoms with Crippen LogP contribution in [0.25, 0.3) is 5.52 Å². The zero-order chi connectivity index (χ0) is 19.7. The number of rotatable bonds is 6. The number of fused-ring (bicyclic) bond motifs is 1. The number of nitrogens with two attached hydrogens (primary N) is 1. The molecule has 0 spiro atoms. The van der Waals surface area contributed by atoms with Crippen LogP contribution in [0, 0.1) is 5.92 Å². The lowest BCUT2D eigenvalue weighted by Crippen LogP contribution is -2.35. The molecular formula is C23H29N3O2. The van der Waals surface area contributed by atoms with Gasteiger partial charge in [-0.1, -0.05) is 51.1 Å². The van der Waals surface area contributed by atoms with Gasteiger partial charge in [-0.2, -0.15) is 5.10 Å². The highest BCUT2D eigenvalue weighted by molar-refractivity contribution is 5.69. The van der Waals surface area contributed by atoms with Gasteiger partial charge < -0.3 is 15.2 Å². The fourth-order valence-corrected chi connectivity index (χ4v) is 4.55. The Balaban J connectivity index is 1.70. The predicted octanol–water partition coefficient (Wildman–Crippen LogP) is 4.77.